The zero-order valence-electron chi connectivity index (χ0n) is 33.6. The zero-order chi connectivity index (χ0) is 43.0. The molecule has 13 heteroatoms. The van der Waals surface area contributed by atoms with Crippen LogP contribution in [0.1, 0.15) is 34.4 Å². The lowest BCUT2D eigenvalue weighted by molar-refractivity contribution is -0.137. The lowest BCUT2D eigenvalue weighted by atomic mass is 9.97. The highest BCUT2D eigenvalue weighted by atomic mass is 19.4. The molecular formula is C49H31F3N10. The van der Waals surface area contributed by atoms with Gasteiger partial charge in [0, 0.05) is 38.2 Å². The molecule has 0 spiro atoms. The molecule has 0 aliphatic rings. The zero-order valence-corrected chi connectivity index (χ0v) is 33.6. The summed E-state index contributed by atoms with van der Waals surface area (Å²) < 4.78 is 46.1. The molecule has 0 amide bonds. The minimum absolute atomic E-state index is 0.175. The average molecular weight is 817 g/mol. The molecule has 0 bridgehead atoms. The minimum Gasteiger partial charge on any atom is -0.308 e. The highest BCUT2D eigenvalue weighted by molar-refractivity contribution is 6.12. The maximum Gasteiger partial charge on any atom is 0.415 e. The molecule has 62 heavy (non-hydrogen) atoms. The molecule has 0 aliphatic heterocycles. The summed E-state index contributed by atoms with van der Waals surface area (Å²) in [5.41, 5.74) is 5.55. The Kier molecular flexibility index (Phi) is 8.68. The van der Waals surface area contributed by atoms with Gasteiger partial charge in [0.1, 0.15) is 34.9 Å². The molecule has 0 aliphatic carbocycles. The third-order valence-electron chi connectivity index (χ3n) is 11.0. The van der Waals surface area contributed by atoms with Crippen molar-refractivity contribution < 1.29 is 13.2 Å². The predicted octanol–water partition coefficient (Wildman–Crippen LogP) is 11.9. The van der Waals surface area contributed by atoms with Crippen molar-refractivity contribution in [1.82, 2.24) is 39.0 Å². The maximum absolute atomic E-state index is 14.0. The number of hydrogen-bond donors (Lipinski definition) is 0. The van der Waals surface area contributed by atoms with Gasteiger partial charge in [-0.15, -0.1) is 0 Å². The Bertz CT molecular complexity index is 3370. The van der Waals surface area contributed by atoms with Crippen molar-refractivity contribution in [1.29, 1.82) is 5.26 Å². The van der Waals surface area contributed by atoms with E-state index in [0.717, 1.165) is 66.9 Å². The number of aromatic nitrogens is 8. The number of aryl methyl sites for hydroxylation is 4. The van der Waals surface area contributed by atoms with Gasteiger partial charge < -0.3 is 9.13 Å². The van der Waals surface area contributed by atoms with E-state index in [1.165, 1.54) is 6.07 Å². The van der Waals surface area contributed by atoms with Gasteiger partial charge in [-0.1, -0.05) is 48.5 Å². The number of hydrogen-bond acceptors (Lipinski definition) is 7. The Labute approximate surface area is 352 Å². The molecule has 298 valence electrons. The van der Waals surface area contributed by atoms with Crippen molar-refractivity contribution in [2.24, 2.45) is 0 Å². The number of benzene rings is 6. The van der Waals surface area contributed by atoms with E-state index in [1.54, 1.807) is 12.1 Å². The largest absolute Gasteiger partial charge is 0.415 e. The van der Waals surface area contributed by atoms with E-state index in [1.807, 2.05) is 122 Å². The van der Waals surface area contributed by atoms with Crippen LogP contribution in [0.25, 0.3) is 93.7 Å². The number of para-hydroxylation sites is 2. The Balaban J connectivity index is 1.31. The normalized spacial score (nSPS) is 11.8. The molecule has 0 saturated carbocycles. The third kappa shape index (κ3) is 6.18. The second kappa shape index (κ2) is 14.2. The maximum atomic E-state index is 14.0. The van der Waals surface area contributed by atoms with Gasteiger partial charge in [0.25, 0.3) is 0 Å². The molecule has 0 radical (unpaired) electrons. The minimum atomic E-state index is -4.65. The first-order valence-electron chi connectivity index (χ1n) is 19.5. The van der Waals surface area contributed by atoms with E-state index in [-0.39, 0.29) is 11.3 Å². The highest BCUT2D eigenvalue weighted by Crippen LogP contribution is 2.44. The number of fused-ring (bicyclic) bond motifs is 6. The molecule has 0 saturated heterocycles. The van der Waals surface area contributed by atoms with E-state index in [9.17, 15) is 18.4 Å². The smallest absolute Gasteiger partial charge is 0.308 e. The Morgan fingerprint density at radius 1 is 0.532 bits per heavy atom. The Morgan fingerprint density at radius 3 is 1.42 bits per heavy atom. The van der Waals surface area contributed by atoms with Gasteiger partial charge in [-0.05, 0) is 106 Å². The lowest BCUT2D eigenvalue weighted by Gasteiger charge is -2.19. The fourth-order valence-corrected chi connectivity index (χ4v) is 8.51. The summed E-state index contributed by atoms with van der Waals surface area (Å²) in [5.74, 6) is 3.43. The summed E-state index contributed by atoms with van der Waals surface area (Å²) in [6.07, 6.45) is -4.65. The Morgan fingerprint density at radius 2 is 0.984 bits per heavy atom. The number of nitrogens with zero attached hydrogens (tertiary/aromatic N) is 10. The predicted molar refractivity (Wildman–Crippen MR) is 233 cm³/mol. The van der Waals surface area contributed by atoms with Crippen LogP contribution in [0.15, 0.2) is 115 Å². The van der Waals surface area contributed by atoms with Crippen LogP contribution in [0, 0.1) is 45.6 Å². The number of halogens is 3. The SMILES string of the molecule is [C-]#[N+]c1cc(C(F)(F)F)ccc1-c1cc(-n2c3ccccc3c3cc(-c4nc(C)nc(C)n4)ccc32)c(C#N)c(-n2c3ccccc3c3cc(-c4nc(C)nc(C)n4)ccc32)c1. The van der Waals surface area contributed by atoms with Crippen molar-refractivity contribution >= 4 is 49.3 Å². The Hall–Kier alpha value is -8.29. The van der Waals surface area contributed by atoms with Gasteiger partial charge in [0.05, 0.1) is 40.0 Å². The first kappa shape index (κ1) is 37.9. The molecule has 10 nitrogen and oxygen atoms in total. The third-order valence-corrected chi connectivity index (χ3v) is 11.0. The van der Waals surface area contributed by atoms with E-state index < -0.39 is 11.7 Å². The molecule has 10 aromatic rings. The fraction of sp³-hybridized carbons (Fsp3) is 0.102. The average Bonchev–Trinajstić information content (AvgIpc) is 3.76. The molecule has 10 rings (SSSR count). The van der Waals surface area contributed by atoms with Crippen molar-refractivity contribution in [2.45, 2.75) is 33.9 Å². The molecule has 6 aromatic carbocycles. The van der Waals surface area contributed by atoms with E-state index >= 15 is 0 Å². The van der Waals surface area contributed by atoms with E-state index in [0.29, 0.717) is 57.4 Å². The van der Waals surface area contributed by atoms with Crippen molar-refractivity contribution in [3.8, 4) is 51.3 Å². The monoisotopic (exact) mass is 816 g/mol. The van der Waals surface area contributed by atoms with Crippen LogP contribution in [0.3, 0.4) is 0 Å². The molecule has 0 fully saturated rings. The summed E-state index contributed by atoms with van der Waals surface area (Å²) in [5, 5.41) is 14.9. The summed E-state index contributed by atoms with van der Waals surface area (Å²) in [6, 6.07) is 36.8. The number of rotatable bonds is 5. The van der Waals surface area contributed by atoms with Crippen molar-refractivity contribution in [3.63, 3.8) is 0 Å². The summed E-state index contributed by atoms with van der Waals surface area (Å²) in [7, 11) is 0. The molecule has 0 unspecified atom stereocenters. The number of nitriles is 1. The molecule has 0 N–H and O–H groups in total. The van der Waals surface area contributed by atoms with Gasteiger partial charge in [-0.25, -0.2) is 34.7 Å². The van der Waals surface area contributed by atoms with Gasteiger partial charge in [-0.2, -0.15) is 18.4 Å². The van der Waals surface area contributed by atoms with Gasteiger partial charge >= 0.3 is 6.18 Å². The second-order valence-electron chi connectivity index (χ2n) is 15.0. The van der Waals surface area contributed by atoms with Crippen LogP contribution in [-0.2, 0) is 6.18 Å². The summed E-state index contributed by atoms with van der Waals surface area (Å²) in [4.78, 5) is 30.7. The van der Waals surface area contributed by atoms with Crippen LogP contribution in [0.4, 0.5) is 18.9 Å². The van der Waals surface area contributed by atoms with Gasteiger partial charge in [0.15, 0.2) is 17.3 Å². The molecule has 4 aromatic heterocycles. The van der Waals surface area contributed by atoms with E-state index in [4.69, 9.17) is 6.57 Å². The first-order valence-corrected chi connectivity index (χ1v) is 19.5. The summed E-state index contributed by atoms with van der Waals surface area (Å²) in [6.45, 7) is 15.3. The van der Waals surface area contributed by atoms with Crippen LogP contribution >= 0.6 is 0 Å². The first-order chi connectivity index (χ1) is 29.9. The van der Waals surface area contributed by atoms with Gasteiger partial charge in [-0.3, -0.25) is 0 Å². The van der Waals surface area contributed by atoms with Gasteiger partial charge in [0.2, 0.25) is 0 Å². The van der Waals surface area contributed by atoms with Crippen molar-refractivity contribution in [2.75, 3.05) is 0 Å². The molecule has 4 heterocycles. The lowest BCUT2D eigenvalue weighted by Crippen LogP contribution is -2.06. The second-order valence-corrected chi connectivity index (χ2v) is 15.0. The standard InChI is InChI=1S/C49H31F3N10/c1-26-55-27(2)58-47(57-26)30-14-18-43-37(20-30)35-10-6-8-12-41(35)61(43)45-22-32(34-17-16-33(49(50,51)52)24-40(34)54-5)23-46(39(45)25-53)62-42-13-9-7-11-36(42)38-21-31(15-19-44(38)62)48-59-28(3)56-29(4)60-48/h6-24H,1-4H3. The molecular weight excluding hydrogens is 786 g/mol. The quantitative estimate of drug-likeness (QED) is 0.159. The van der Waals surface area contributed by atoms with Crippen LogP contribution in [0.5, 0.6) is 0 Å². The highest BCUT2D eigenvalue weighted by Gasteiger charge is 2.31. The topological polar surface area (TPSA) is 115 Å². The van der Waals surface area contributed by atoms with E-state index in [2.05, 4.69) is 40.8 Å². The number of alkyl halides is 3. The fourth-order valence-electron chi connectivity index (χ4n) is 8.51. The van der Waals surface area contributed by atoms with Crippen LogP contribution < -0.4 is 0 Å². The van der Waals surface area contributed by atoms with Crippen LogP contribution in [-0.4, -0.2) is 39.0 Å². The summed E-state index contributed by atoms with van der Waals surface area (Å²) >= 11 is 0. The molecule has 0 atom stereocenters. The van der Waals surface area contributed by atoms with Crippen LogP contribution in [0.2, 0.25) is 0 Å². The van der Waals surface area contributed by atoms with Crippen molar-refractivity contribution in [3.05, 3.63) is 161 Å².